The fourth-order valence-corrected chi connectivity index (χ4v) is 4.40. The van der Waals surface area contributed by atoms with Crippen LogP contribution in [0.5, 0.6) is 0 Å². The molecule has 10 nitrogen and oxygen atoms in total. The third-order valence-corrected chi connectivity index (χ3v) is 6.67. The van der Waals surface area contributed by atoms with Gasteiger partial charge in [-0.15, -0.1) is 0 Å². The Balaban J connectivity index is 1.42. The maximum atomic E-state index is 13.1. The smallest absolute Gasteiger partial charge is 0.408 e. The molecule has 11 heteroatoms. The number of benzene rings is 3. The second-order valence-electron chi connectivity index (χ2n) is 8.14. The van der Waals surface area contributed by atoms with Crippen LogP contribution in [0.15, 0.2) is 108 Å². The highest BCUT2D eigenvalue weighted by Crippen LogP contribution is 2.17. The summed E-state index contributed by atoms with van der Waals surface area (Å²) in [6.07, 6.45) is 2.32. The van der Waals surface area contributed by atoms with E-state index in [2.05, 4.69) is 25.3 Å². The normalized spacial score (nSPS) is 11.7. The number of nitrogens with zero attached hydrogens (tertiary/aromatic N) is 2. The molecule has 38 heavy (non-hydrogen) atoms. The van der Waals surface area contributed by atoms with Gasteiger partial charge in [0.05, 0.1) is 4.90 Å². The minimum Gasteiger partial charge on any atom is -0.445 e. The van der Waals surface area contributed by atoms with Crippen molar-refractivity contribution in [2.45, 2.75) is 24.0 Å². The van der Waals surface area contributed by atoms with Crippen LogP contribution in [-0.4, -0.2) is 36.4 Å². The van der Waals surface area contributed by atoms with E-state index in [1.807, 2.05) is 60.7 Å². The third-order valence-electron chi connectivity index (χ3n) is 5.33. The minimum absolute atomic E-state index is 0.0357. The molecule has 0 bridgehead atoms. The van der Waals surface area contributed by atoms with Crippen molar-refractivity contribution >= 4 is 33.7 Å². The number of hydrogen-bond donors (Lipinski definition) is 3. The number of carbonyl (C=O) groups excluding carboxylic acids is 2. The first-order valence-corrected chi connectivity index (χ1v) is 13.1. The first-order valence-electron chi connectivity index (χ1n) is 11.6. The molecule has 4 rings (SSSR count). The summed E-state index contributed by atoms with van der Waals surface area (Å²) in [5.74, 6) is -0.546. The van der Waals surface area contributed by atoms with Gasteiger partial charge in [0.1, 0.15) is 12.6 Å². The molecular weight excluding hydrogens is 506 g/mol. The molecule has 0 saturated heterocycles. The largest absolute Gasteiger partial charge is 0.445 e. The SMILES string of the molecule is O=C(N[C@@H](Cc1ccccc1)C(=O)Nc1ccc(S(=O)(=O)Nc2ncccn2)cc1)OCc1ccccc1. The second-order valence-corrected chi connectivity index (χ2v) is 9.82. The first kappa shape index (κ1) is 26.3. The third kappa shape index (κ3) is 7.61. The number of sulfonamides is 1. The van der Waals surface area contributed by atoms with Gasteiger partial charge in [-0.3, -0.25) is 4.79 Å². The maximum absolute atomic E-state index is 13.1. The highest BCUT2D eigenvalue weighted by molar-refractivity contribution is 7.92. The predicted molar refractivity (Wildman–Crippen MR) is 142 cm³/mol. The van der Waals surface area contributed by atoms with E-state index < -0.39 is 28.1 Å². The zero-order chi connectivity index (χ0) is 26.8. The van der Waals surface area contributed by atoms with Crippen LogP contribution < -0.4 is 15.4 Å². The van der Waals surface area contributed by atoms with Gasteiger partial charge < -0.3 is 15.4 Å². The van der Waals surface area contributed by atoms with E-state index in [0.29, 0.717) is 5.69 Å². The first-order chi connectivity index (χ1) is 18.4. The Morgan fingerprint density at radius 2 is 1.39 bits per heavy atom. The van der Waals surface area contributed by atoms with Crippen LogP contribution in [-0.2, 0) is 32.6 Å². The Labute approximate surface area is 220 Å². The molecule has 0 spiro atoms. The van der Waals surface area contributed by atoms with Crippen molar-refractivity contribution in [1.29, 1.82) is 0 Å². The van der Waals surface area contributed by atoms with Crippen molar-refractivity contribution in [3.8, 4) is 0 Å². The molecule has 0 aliphatic carbocycles. The van der Waals surface area contributed by atoms with Crippen LogP contribution in [0.25, 0.3) is 0 Å². The summed E-state index contributed by atoms with van der Waals surface area (Å²) in [5, 5.41) is 5.35. The van der Waals surface area contributed by atoms with Crippen molar-refractivity contribution in [3.63, 3.8) is 0 Å². The molecule has 194 valence electrons. The molecule has 1 heterocycles. The van der Waals surface area contributed by atoms with Crippen molar-refractivity contribution in [2.24, 2.45) is 0 Å². The van der Waals surface area contributed by atoms with Crippen LogP contribution in [0.1, 0.15) is 11.1 Å². The zero-order valence-corrected chi connectivity index (χ0v) is 21.0. The van der Waals surface area contributed by atoms with Gasteiger partial charge in [-0.05, 0) is 41.5 Å². The number of ether oxygens (including phenoxy) is 1. The minimum atomic E-state index is -3.92. The van der Waals surface area contributed by atoms with Gasteiger partial charge in [-0.1, -0.05) is 60.7 Å². The summed E-state index contributed by atoms with van der Waals surface area (Å²) in [6, 6.07) is 24.6. The van der Waals surface area contributed by atoms with Gasteiger partial charge in [0, 0.05) is 24.5 Å². The molecule has 2 amide bonds. The van der Waals surface area contributed by atoms with Gasteiger partial charge in [-0.2, -0.15) is 0 Å². The summed E-state index contributed by atoms with van der Waals surface area (Å²) in [5.41, 5.74) is 2.00. The van der Waals surface area contributed by atoms with Crippen LogP contribution in [0.2, 0.25) is 0 Å². The van der Waals surface area contributed by atoms with E-state index in [9.17, 15) is 18.0 Å². The van der Waals surface area contributed by atoms with E-state index in [1.165, 1.54) is 36.7 Å². The molecule has 3 aromatic carbocycles. The fourth-order valence-electron chi connectivity index (χ4n) is 3.44. The molecule has 0 aliphatic heterocycles. The highest BCUT2D eigenvalue weighted by Gasteiger charge is 2.23. The van der Waals surface area contributed by atoms with E-state index >= 15 is 0 Å². The number of amides is 2. The predicted octanol–water partition coefficient (Wildman–Crippen LogP) is 3.75. The number of aromatic nitrogens is 2. The van der Waals surface area contributed by atoms with Crippen molar-refractivity contribution in [2.75, 3.05) is 10.0 Å². The summed E-state index contributed by atoms with van der Waals surface area (Å²) in [7, 11) is -3.92. The van der Waals surface area contributed by atoms with Crippen LogP contribution in [0, 0.1) is 0 Å². The Bertz CT molecular complexity index is 1450. The van der Waals surface area contributed by atoms with Crippen molar-refractivity contribution in [1.82, 2.24) is 15.3 Å². The van der Waals surface area contributed by atoms with Gasteiger partial charge >= 0.3 is 6.09 Å². The number of anilines is 2. The van der Waals surface area contributed by atoms with E-state index in [-0.39, 0.29) is 23.9 Å². The monoisotopic (exact) mass is 531 g/mol. The molecule has 0 saturated carbocycles. The number of rotatable bonds is 10. The van der Waals surface area contributed by atoms with Crippen molar-refractivity contribution in [3.05, 3.63) is 115 Å². The molecule has 0 aliphatic rings. The van der Waals surface area contributed by atoms with Gasteiger partial charge in [0.15, 0.2) is 0 Å². The molecular formula is C27H25N5O5S. The number of nitrogens with one attached hydrogen (secondary N) is 3. The maximum Gasteiger partial charge on any atom is 0.408 e. The van der Waals surface area contributed by atoms with Crippen LogP contribution in [0.3, 0.4) is 0 Å². The van der Waals surface area contributed by atoms with Crippen molar-refractivity contribution < 1.29 is 22.7 Å². The molecule has 3 N–H and O–H groups in total. The van der Waals surface area contributed by atoms with Gasteiger partial charge in [0.25, 0.3) is 10.0 Å². The summed E-state index contributed by atoms with van der Waals surface area (Å²) < 4.78 is 32.8. The number of carbonyl (C=O) groups is 2. The lowest BCUT2D eigenvalue weighted by molar-refractivity contribution is -0.118. The van der Waals surface area contributed by atoms with Gasteiger partial charge in [0.2, 0.25) is 11.9 Å². The lowest BCUT2D eigenvalue weighted by atomic mass is 10.1. The molecule has 1 aromatic heterocycles. The number of hydrogen-bond acceptors (Lipinski definition) is 7. The lowest BCUT2D eigenvalue weighted by Crippen LogP contribution is -2.45. The molecule has 0 radical (unpaired) electrons. The highest BCUT2D eigenvalue weighted by atomic mass is 32.2. The quantitative estimate of drug-likeness (QED) is 0.283. The summed E-state index contributed by atoms with van der Waals surface area (Å²) in [6.45, 7) is 0.0599. The Morgan fingerprint density at radius 3 is 2.03 bits per heavy atom. The van der Waals surface area contributed by atoms with Crippen LogP contribution in [0.4, 0.5) is 16.4 Å². The van der Waals surface area contributed by atoms with E-state index in [4.69, 9.17) is 4.74 Å². The molecule has 4 aromatic rings. The van der Waals surface area contributed by atoms with E-state index in [1.54, 1.807) is 6.07 Å². The molecule has 1 atom stereocenters. The second kappa shape index (κ2) is 12.5. The zero-order valence-electron chi connectivity index (χ0n) is 20.2. The summed E-state index contributed by atoms with van der Waals surface area (Å²) >= 11 is 0. The lowest BCUT2D eigenvalue weighted by Gasteiger charge is -2.19. The topological polar surface area (TPSA) is 139 Å². The standard InChI is InChI=1S/C27H25N5O5S/c33-25(30-22-12-14-23(15-13-22)38(35,36)32-26-28-16-7-17-29-26)24(18-20-8-3-1-4-9-20)31-27(34)37-19-21-10-5-2-6-11-21/h1-17,24H,18-19H2,(H,30,33)(H,31,34)(H,28,29,32)/t24-/m0/s1. The Morgan fingerprint density at radius 1 is 0.789 bits per heavy atom. The Hall–Kier alpha value is -4.77. The van der Waals surface area contributed by atoms with E-state index in [0.717, 1.165) is 11.1 Å². The molecule has 0 fully saturated rings. The fraction of sp³-hybridized carbons (Fsp3) is 0.111. The van der Waals surface area contributed by atoms with Crippen LogP contribution >= 0.6 is 0 Å². The average molecular weight is 532 g/mol. The average Bonchev–Trinajstić information content (AvgIpc) is 2.93. The Kier molecular flexibility index (Phi) is 8.62. The number of alkyl carbamates (subject to hydrolysis) is 1. The van der Waals surface area contributed by atoms with Gasteiger partial charge in [-0.25, -0.2) is 27.9 Å². The summed E-state index contributed by atoms with van der Waals surface area (Å²) in [4.78, 5) is 33.3. The molecule has 0 unspecified atom stereocenters.